The molecule has 3 aliphatic heterocycles. The van der Waals surface area contributed by atoms with Crippen LogP contribution in [0.4, 0.5) is 0 Å². The highest BCUT2D eigenvalue weighted by atomic mass is 16.5. The number of ether oxygens (including phenoxy) is 1. The van der Waals surface area contributed by atoms with Crippen molar-refractivity contribution in [1.29, 1.82) is 0 Å². The van der Waals surface area contributed by atoms with Gasteiger partial charge >= 0.3 is 0 Å². The van der Waals surface area contributed by atoms with Gasteiger partial charge in [0.1, 0.15) is 0 Å². The van der Waals surface area contributed by atoms with Crippen molar-refractivity contribution in [2.45, 2.75) is 56.3 Å². The molecule has 0 spiro atoms. The van der Waals surface area contributed by atoms with E-state index in [1.807, 2.05) is 12.2 Å². The quantitative estimate of drug-likeness (QED) is 0.549. The first kappa shape index (κ1) is 12.3. The number of carbonyl (C=O) groups is 2. The van der Waals surface area contributed by atoms with Crippen molar-refractivity contribution in [3.8, 4) is 0 Å². The Morgan fingerprint density at radius 3 is 1.77 bits per heavy atom. The maximum absolute atomic E-state index is 13.1. The summed E-state index contributed by atoms with van der Waals surface area (Å²) in [6.45, 7) is 0. The highest BCUT2D eigenvalue weighted by Crippen LogP contribution is 2.60. The Labute approximate surface area is 129 Å². The summed E-state index contributed by atoms with van der Waals surface area (Å²) in [4.78, 5) is 28.0. The molecule has 0 radical (unpaired) electrons. The van der Waals surface area contributed by atoms with E-state index in [0.29, 0.717) is 0 Å². The van der Waals surface area contributed by atoms with Gasteiger partial charge in [0.2, 0.25) is 11.8 Å². The Bertz CT molecular complexity index is 559. The summed E-state index contributed by atoms with van der Waals surface area (Å²) in [5.74, 6) is 1.95. The van der Waals surface area contributed by atoms with Crippen LogP contribution < -0.4 is 0 Å². The number of amides is 2. The number of likely N-dealkylation sites (tertiary alicyclic amines) is 1. The van der Waals surface area contributed by atoms with Gasteiger partial charge in [-0.25, -0.2) is 0 Å². The average molecular weight is 299 g/mol. The number of carbonyl (C=O) groups excluding carboxylic acids is 2. The van der Waals surface area contributed by atoms with E-state index >= 15 is 0 Å². The van der Waals surface area contributed by atoms with Gasteiger partial charge in [0, 0.05) is 0 Å². The zero-order valence-corrected chi connectivity index (χ0v) is 12.6. The van der Waals surface area contributed by atoms with Gasteiger partial charge in [0.15, 0.2) is 0 Å². The normalized spacial score (nSPS) is 57.3. The molecule has 116 valence electrons. The highest BCUT2D eigenvalue weighted by Gasteiger charge is 2.66. The van der Waals surface area contributed by atoms with Crippen LogP contribution in [0.25, 0.3) is 0 Å². The maximum Gasteiger partial charge on any atom is 0.236 e. The number of nitrogens with zero attached hydrogens (tertiary/aromatic N) is 1. The maximum atomic E-state index is 13.1. The molecule has 0 unspecified atom stereocenters. The van der Waals surface area contributed by atoms with E-state index in [1.54, 1.807) is 4.90 Å². The zero-order valence-electron chi connectivity index (χ0n) is 12.6. The van der Waals surface area contributed by atoms with Gasteiger partial charge in [-0.3, -0.25) is 14.5 Å². The number of fused-ring (bicyclic) bond motifs is 5. The van der Waals surface area contributed by atoms with Crippen LogP contribution in [-0.2, 0) is 14.3 Å². The molecular weight excluding hydrogens is 278 g/mol. The first-order valence-corrected chi connectivity index (χ1v) is 8.86. The fourth-order valence-electron chi connectivity index (χ4n) is 7.11. The Kier molecular flexibility index (Phi) is 2.05. The lowest BCUT2D eigenvalue weighted by Crippen LogP contribution is -2.62. The van der Waals surface area contributed by atoms with E-state index < -0.39 is 0 Å². The minimum Gasteiger partial charge on any atom is -0.365 e. The molecule has 4 heteroatoms. The SMILES string of the molecule is O=C1[C@@H]2[C@H](C(=O)N1C13CC4CC(CC(C4)C1)C3)[C@H]1C=C[C@@H]2O1. The van der Waals surface area contributed by atoms with Crippen LogP contribution >= 0.6 is 0 Å². The Hall–Kier alpha value is -1.16. The first-order chi connectivity index (χ1) is 10.6. The molecule has 7 rings (SSSR count). The first-order valence-electron chi connectivity index (χ1n) is 8.86. The molecule has 0 aromatic rings. The van der Waals surface area contributed by atoms with E-state index in [-0.39, 0.29) is 41.4 Å². The van der Waals surface area contributed by atoms with Gasteiger partial charge in [-0.15, -0.1) is 0 Å². The molecule has 4 nitrogen and oxygen atoms in total. The molecule has 6 fully saturated rings. The van der Waals surface area contributed by atoms with Crippen molar-refractivity contribution >= 4 is 11.8 Å². The monoisotopic (exact) mass is 299 g/mol. The van der Waals surface area contributed by atoms with Gasteiger partial charge in [-0.05, 0) is 56.3 Å². The van der Waals surface area contributed by atoms with Gasteiger partial charge in [0.25, 0.3) is 0 Å². The number of rotatable bonds is 1. The molecule has 22 heavy (non-hydrogen) atoms. The van der Waals surface area contributed by atoms with Gasteiger partial charge in [0.05, 0.1) is 29.6 Å². The van der Waals surface area contributed by atoms with Crippen LogP contribution in [0.1, 0.15) is 38.5 Å². The number of hydrogen-bond acceptors (Lipinski definition) is 3. The zero-order chi connectivity index (χ0) is 14.6. The standard InChI is InChI=1S/C18H21NO3/c20-16-14-12-1-2-13(22-12)15(14)17(21)19(16)18-6-9-3-10(7-18)5-11(4-9)8-18/h1-2,9-15H,3-8H2/t9?,10?,11?,12-,13+,14-,15+,18?. The summed E-state index contributed by atoms with van der Waals surface area (Å²) in [7, 11) is 0. The van der Waals surface area contributed by atoms with Crippen molar-refractivity contribution in [2.24, 2.45) is 29.6 Å². The van der Waals surface area contributed by atoms with Gasteiger partial charge in [-0.2, -0.15) is 0 Å². The summed E-state index contributed by atoms with van der Waals surface area (Å²) in [5.41, 5.74) is -0.132. The fraction of sp³-hybridized carbons (Fsp3) is 0.778. The topological polar surface area (TPSA) is 46.6 Å². The molecule has 6 bridgehead atoms. The predicted molar refractivity (Wildman–Crippen MR) is 77.5 cm³/mol. The van der Waals surface area contributed by atoms with Crippen molar-refractivity contribution in [3.63, 3.8) is 0 Å². The molecule has 2 amide bonds. The van der Waals surface area contributed by atoms with E-state index in [9.17, 15) is 9.59 Å². The van der Waals surface area contributed by atoms with E-state index in [0.717, 1.165) is 37.0 Å². The van der Waals surface area contributed by atoms with Crippen molar-refractivity contribution < 1.29 is 14.3 Å². The third-order valence-electron chi connectivity index (χ3n) is 7.39. The lowest BCUT2D eigenvalue weighted by atomic mass is 9.52. The lowest BCUT2D eigenvalue weighted by Gasteiger charge is -2.59. The highest BCUT2D eigenvalue weighted by molar-refractivity contribution is 6.07. The van der Waals surface area contributed by atoms with Crippen molar-refractivity contribution in [3.05, 3.63) is 12.2 Å². The summed E-state index contributed by atoms with van der Waals surface area (Å²) >= 11 is 0. The molecule has 2 saturated heterocycles. The van der Waals surface area contributed by atoms with Crippen LogP contribution in [0.3, 0.4) is 0 Å². The predicted octanol–water partition coefficient (Wildman–Crippen LogP) is 1.89. The Morgan fingerprint density at radius 1 is 0.864 bits per heavy atom. The number of hydrogen-bond donors (Lipinski definition) is 0. The van der Waals surface area contributed by atoms with E-state index in [4.69, 9.17) is 4.74 Å². The van der Waals surface area contributed by atoms with Crippen molar-refractivity contribution in [1.82, 2.24) is 4.90 Å². The molecule has 4 saturated carbocycles. The van der Waals surface area contributed by atoms with E-state index in [1.165, 1.54) is 19.3 Å². The molecule has 0 aromatic heterocycles. The molecular formula is C18H21NO3. The summed E-state index contributed by atoms with van der Waals surface area (Å²) in [6.07, 6.45) is 10.9. The van der Waals surface area contributed by atoms with Crippen LogP contribution in [0.5, 0.6) is 0 Å². The summed E-state index contributed by atoms with van der Waals surface area (Å²) < 4.78 is 5.77. The van der Waals surface area contributed by atoms with Crippen LogP contribution in [-0.4, -0.2) is 34.5 Å². The molecule has 4 atom stereocenters. The molecule has 4 aliphatic carbocycles. The van der Waals surface area contributed by atoms with Crippen LogP contribution in [0, 0.1) is 29.6 Å². The minimum atomic E-state index is -0.226. The van der Waals surface area contributed by atoms with Gasteiger partial charge < -0.3 is 4.74 Å². The Balaban J connectivity index is 1.41. The van der Waals surface area contributed by atoms with Crippen LogP contribution in [0.15, 0.2) is 12.2 Å². The van der Waals surface area contributed by atoms with Crippen LogP contribution in [0.2, 0.25) is 0 Å². The molecule has 3 heterocycles. The average Bonchev–Trinajstić information content (AvgIpc) is 3.11. The minimum absolute atomic E-state index is 0.0776. The third-order valence-corrected chi connectivity index (χ3v) is 7.39. The summed E-state index contributed by atoms with van der Waals surface area (Å²) in [6, 6.07) is 0. The molecule has 0 aromatic carbocycles. The lowest BCUT2D eigenvalue weighted by molar-refractivity contribution is -0.161. The number of imide groups is 1. The Morgan fingerprint density at radius 2 is 1.32 bits per heavy atom. The second-order valence-corrected chi connectivity index (χ2v) is 8.66. The molecule has 7 aliphatic rings. The van der Waals surface area contributed by atoms with E-state index in [2.05, 4.69) is 0 Å². The molecule has 0 N–H and O–H groups in total. The third kappa shape index (κ3) is 1.27. The van der Waals surface area contributed by atoms with Crippen molar-refractivity contribution in [2.75, 3.05) is 0 Å². The smallest absolute Gasteiger partial charge is 0.236 e. The summed E-state index contributed by atoms with van der Waals surface area (Å²) in [5, 5.41) is 0. The largest absolute Gasteiger partial charge is 0.365 e. The second-order valence-electron chi connectivity index (χ2n) is 8.66. The second kappa shape index (κ2) is 3.66. The fourth-order valence-corrected chi connectivity index (χ4v) is 7.11. The van der Waals surface area contributed by atoms with Gasteiger partial charge in [-0.1, -0.05) is 12.2 Å².